The molecule has 2 N–H and O–H groups in total. The number of hydrogen-bond acceptors (Lipinski definition) is 6. The highest BCUT2D eigenvalue weighted by molar-refractivity contribution is 7.90. The van der Waals surface area contributed by atoms with Gasteiger partial charge in [0.2, 0.25) is 11.8 Å². The van der Waals surface area contributed by atoms with Gasteiger partial charge in [0.15, 0.2) is 0 Å². The average Bonchev–Trinajstić information content (AvgIpc) is 2.76. The van der Waals surface area contributed by atoms with Gasteiger partial charge in [-0.25, -0.2) is 13.6 Å². The van der Waals surface area contributed by atoms with Gasteiger partial charge in [-0.3, -0.25) is 19.8 Å². The number of ether oxygens (including phenoxy) is 1. The van der Waals surface area contributed by atoms with Gasteiger partial charge in [-0.2, -0.15) is 0 Å². The van der Waals surface area contributed by atoms with E-state index in [4.69, 9.17) is 4.74 Å². The molecule has 0 aromatic heterocycles. The molecule has 1 aromatic rings. The number of nitrogens with zero attached hydrogens (tertiary/aromatic N) is 1. The van der Waals surface area contributed by atoms with Gasteiger partial charge in [0, 0.05) is 42.6 Å². The molecule has 0 aliphatic carbocycles. The fourth-order valence-corrected chi connectivity index (χ4v) is 4.88. The zero-order valence-corrected chi connectivity index (χ0v) is 20.5. The number of benzene rings is 1. The Hall–Kier alpha value is -2.08. The van der Waals surface area contributed by atoms with E-state index in [1.165, 1.54) is 18.2 Å². The maximum Gasteiger partial charge on any atom is 0.331 e. The highest BCUT2D eigenvalue weighted by Gasteiger charge is 2.46. The summed E-state index contributed by atoms with van der Waals surface area (Å²) in [6, 6.07) is 1.50. The molecule has 1 aromatic carbocycles. The first-order chi connectivity index (χ1) is 15.9. The van der Waals surface area contributed by atoms with Crippen molar-refractivity contribution in [3.8, 4) is 0 Å². The Balaban J connectivity index is 1.87. The van der Waals surface area contributed by atoms with Gasteiger partial charge >= 0.3 is 6.03 Å². The molecule has 0 unspecified atom stereocenters. The first kappa shape index (κ1) is 26.5. The number of carbonyl (C=O) groups is 3. The number of halogens is 2. The molecule has 4 atom stereocenters. The van der Waals surface area contributed by atoms with Crippen LogP contribution >= 0.6 is 0 Å². The molecule has 3 rings (SSSR count). The summed E-state index contributed by atoms with van der Waals surface area (Å²) in [5.41, 5.74) is 0.617. The summed E-state index contributed by atoms with van der Waals surface area (Å²) in [7, 11) is 0. The lowest BCUT2D eigenvalue weighted by molar-refractivity contribution is -0.146. The normalized spacial score (nSPS) is 23.0. The molecule has 34 heavy (non-hydrogen) atoms. The number of aryl methyl sites for hydroxylation is 1. The Morgan fingerprint density at radius 1 is 1.26 bits per heavy atom. The van der Waals surface area contributed by atoms with Crippen LogP contribution in [0.25, 0.3) is 0 Å². The van der Waals surface area contributed by atoms with Crippen LogP contribution < -0.4 is 10.0 Å². The van der Waals surface area contributed by atoms with E-state index in [2.05, 4.69) is 10.0 Å². The Morgan fingerprint density at radius 3 is 2.53 bits per heavy atom. The van der Waals surface area contributed by atoms with Crippen LogP contribution in [0.5, 0.6) is 0 Å². The topological polar surface area (TPSA) is 111 Å². The number of barbiturate groups is 1. The van der Waals surface area contributed by atoms with Crippen LogP contribution in [0, 0.1) is 18.7 Å². The average molecular weight is 500 g/mol. The molecule has 0 spiro atoms. The largest absolute Gasteiger partial charge is 0.598 e. The van der Waals surface area contributed by atoms with Gasteiger partial charge < -0.3 is 9.29 Å². The van der Waals surface area contributed by atoms with Gasteiger partial charge in [0.05, 0.1) is 0 Å². The van der Waals surface area contributed by atoms with Crippen LogP contribution in [0.4, 0.5) is 13.6 Å². The zero-order chi connectivity index (χ0) is 25.2. The van der Waals surface area contributed by atoms with E-state index in [9.17, 15) is 23.3 Å². The number of carbonyl (C=O) groups excluding carboxylic acids is 3. The number of urea groups is 1. The summed E-state index contributed by atoms with van der Waals surface area (Å²) in [5.74, 6) is -3.86. The summed E-state index contributed by atoms with van der Waals surface area (Å²) < 4.78 is 50.4. The number of rotatable bonds is 7. The van der Waals surface area contributed by atoms with Crippen molar-refractivity contribution in [2.75, 3.05) is 13.2 Å². The Labute approximate surface area is 201 Å². The van der Waals surface area contributed by atoms with Gasteiger partial charge in [-0.05, 0) is 46.6 Å². The maximum atomic E-state index is 15.8. The first-order valence-corrected chi connectivity index (χ1v) is 12.4. The predicted octanol–water partition coefficient (Wildman–Crippen LogP) is 2.83. The second kappa shape index (κ2) is 10.7. The predicted molar refractivity (Wildman–Crippen MR) is 122 cm³/mol. The van der Waals surface area contributed by atoms with Crippen molar-refractivity contribution >= 4 is 29.2 Å². The molecule has 2 heterocycles. The second-order valence-electron chi connectivity index (χ2n) is 9.65. The lowest BCUT2D eigenvalue weighted by Crippen LogP contribution is -2.62. The van der Waals surface area contributed by atoms with E-state index < -0.39 is 70.4 Å². The van der Waals surface area contributed by atoms with E-state index in [1.54, 1.807) is 27.7 Å². The number of alkyl halides is 1. The van der Waals surface area contributed by atoms with Crippen LogP contribution in [-0.2, 0) is 25.7 Å². The molecule has 8 nitrogen and oxygen atoms in total. The summed E-state index contributed by atoms with van der Waals surface area (Å²) >= 11 is -1.76. The van der Waals surface area contributed by atoms with Crippen LogP contribution in [0.2, 0.25) is 0 Å². The minimum absolute atomic E-state index is 0.0499. The number of nitrogens with one attached hydrogen (secondary N) is 2. The number of imide groups is 2. The van der Waals surface area contributed by atoms with E-state index in [0.717, 1.165) is 4.90 Å². The van der Waals surface area contributed by atoms with Crippen LogP contribution in [-0.4, -0.2) is 57.5 Å². The van der Waals surface area contributed by atoms with E-state index in [1.807, 2.05) is 0 Å². The van der Waals surface area contributed by atoms with Gasteiger partial charge in [0.25, 0.3) is 0 Å². The van der Waals surface area contributed by atoms with Crippen LogP contribution in [0.3, 0.4) is 0 Å². The Bertz CT molecular complexity index is 936. The number of hydrogen-bond donors (Lipinski definition) is 2. The van der Waals surface area contributed by atoms with Gasteiger partial charge in [-0.15, -0.1) is 4.72 Å². The first-order valence-electron chi connectivity index (χ1n) is 11.2. The molecule has 0 radical (unpaired) electrons. The third kappa shape index (κ3) is 5.94. The SMILES string of the molecule is Cc1ccc(F)c([C@H](N[S@+]([O-])C(C)(C)C)[C@@H](F)C[C@@H]2C(=O)NC(=O)N(C3CCOCC3)C2=O)c1. The van der Waals surface area contributed by atoms with Gasteiger partial charge in [-0.1, -0.05) is 17.7 Å². The highest BCUT2D eigenvalue weighted by atomic mass is 32.2. The summed E-state index contributed by atoms with van der Waals surface area (Å²) in [6.45, 7) is 7.49. The monoisotopic (exact) mass is 499 g/mol. The quantitative estimate of drug-likeness (QED) is 0.441. The zero-order valence-electron chi connectivity index (χ0n) is 19.7. The molecule has 2 aliphatic heterocycles. The lowest BCUT2D eigenvalue weighted by Gasteiger charge is -2.38. The van der Waals surface area contributed by atoms with E-state index in [0.29, 0.717) is 31.6 Å². The molecule has 4 amide bonds. The van der Waals surface area contributed by atoms with E-state index >= 15 is 4.39 Å². The van der Waals surface area contributed by atoms with Crippen molar-refractivity contribution in [2.45, 2.75) is 70.0 Å². The highest BCUT2D eigenvalue weighted by Crippen LogP contribution is 2.32. The summed E-state index contributed by atoms with van der Waals surface area (Å²) in [5, 5.41) is 2.14. The minimum atomic E-state index is -1.95. The fourth-order valence-electron chi connectivity index (χ4n) is 4.02. The smallest absolute Gasteiger partial charge is 0.331 e. The molecule has 188 valence electrons. The third-order valence-corrected chi connectivity index (χ3v) is 7.54. The van der Waals surface area contributed by atoms with Crippen molar-refractivity contribution in [2.24, 2.45) is 5.92 Å². The molecular weight excluding hydrogens is 468 g/mol. The minimum Gasteiger partial charge on any atom is -0.598 e. The molecule has 2 saturated heterocycles. The molecular formula is C23H31F2N3O5S. The van der Waals surface area contributed by atoms with Crippen molar-refractivity contribution < 1.29 is 32.5 Å². The van der Waals surface area contributed by atoms with Crippen LogP contribution in [0.15, 0.2) is 18.2 Å². The fraction of sp³-hybridized carbons (Fsp3) is 0.609. The molecule has 0 bridgehead atoms. The van der Waals surface area contributed by atoms with Crippen molar-refractivity contribution in [1.29, 1.82) is 0 Å². The van der Waals surface area contributed by atoms with E-state index in [-0.39, 0.29) is 5.56 Å². The molecule has 0 saturated carbocycles. The second-order valence-corrected chi connectivity index (χ2v) is 11.6. The maximum absolute atomic E-state index is 15.8. The molecule has 11 heteroatoms. The molecule has 2 fully saturated rings. The lowest BCUT2D eigenvalue weighted by atomic mass is 9.90. The summed E-state index contributed by atoms with van der Waals surface area (Å²) in [4.78, 5) is 39.0. The Morgan fingerprint density at radius 2 is 1.91 bits per heavy atom. The third-order valence-electron chi connectivity index (χ3n) is 5.96. The molecule has 2 aliphatic rings. The van der Waals surface area contributed by atoms with Crippen molar-refractivity contribution in [3.63, 3.8) is 0 Å². The Kier molecular flexibility index (Phi) is 8.33. The van der Waals surface area contributed by atoms with Crippen LogP contribution in [0.1, 0.15) is 57.2 Å². The van der Waals surface area contributed by atoms with Crippen molar-refractivity contribution in [3.05, 3.63) is 35.1 Å². The van der Waals surface area contributed by atoms with Gasteiger partial charge in [0.1, 0.15) is 28.7 Å². The van der Waals surface area contributed by atoms with Crippen molar-refractivity contribution in [1.82, 2.24) is 14.9 Å². The summed E-state index contributed by atoms with van der Waals surface area (Å²) in [6.07, 6.45) is -1.72. The standard InChI is InChI=1S/C23H31F2N3O5S/c1-13-5-6-17(24)15(11-13)19(27-34(32)23(2,3)4)18(25)12-16-20(29)26-22(31)28(21(16)30)14-7-9-33-10-8-14/h5-6,11,14,16,18-19,27H,7-10,12H2,1-4H3,(H,26,29,31)/t16-,18+,19+,34-/m1/s1. The number of amides is 4.